The van der Waals surface area contributed by atoms with Crippen molar-refractivity contribution >= 4 is 23.3 Å². The first kappa shape index (κ1) is 13.2. The molecule has 19 heavy (non-hydrogen) atoms. The van der Waals surface area contributed by atoms with Crippen molar-refractivity contribution in [3.05, 3.63) is 35.2 Å². The van der Waals surface area contributed by atoms with Gasteiger partial charge in [-0.2, -0.15) is 0 Å². The lowest BCUT2D eigenvalue weighted by atomic mass is 10.2. The Morgan fingerprint density at radius 3 is 3.00 bits per heavy atom. The maximum atomic E-state index is 11.8. The molecule has 0 radical (unpaired) electrons. The number of aromatic nitrogens is 4. The molecule has 0 fully saturated rings. The van der Waals surface area contributed by atoms with Crippen LogP contribution < -0.4 is 16.6 Å². The Morgan fingerprint density at radius 2 is 2.37 bits per heavy atom. The van der Waals surface area contributed by atoms with Crippen LogP contribution >= 0.6 is 11.6 Å². The number of nitrogens with zero attached hydrogens (tertiary/aromatic N) is 4. The Hall–Kier alpha value is -2.19. The number of nitrogens with one attached hydrogen (secondary N) is 2. The standard InChI is InChI=1S/C10H12ClN7O/c11-8-5-7(6-14-9(8)16-12)10(19)13-1-3-18-4-2-15-17-18/h2,4-6H,1,3,12H2,(H,13,19)(H,14,16). The van der Waals surface area contributed by atoms with E-state index >= 15 is 0 Å². The summed E-state index contributed by atoms with van der Waals surface area (Å²) in [5, 5.41) is 10.5. The molecule has 0 aliphatic heterocycles. The highest BCUT2D eigenvalue weighted by Crippen LogP contribution is 2.18. The molecule has 1 amide bonds. The van der Waals surface area contributed by atoms with Gasteiger partial charge in [-0.25, -0.2) is 10.8 Å². The third kappa shape index (κ3) is 3.39. The zero-order valence-corrected chi connectivity index (χ0v) is 10.6. The Bertz CT molecular complexity index is 557. The topological polar surface area (TPSA) is 111 Å². The summed E-state index contributed by atoms with van der Waals surface area (Å²) in [7, 11) is 0. The van der Waals surface area contributed by atoms with Gasteiger partial charge in [0.2, 0.25) is 0 Å². The molecule has 0 bridgehead atoms. The lowest BCUT2D eigenvalue weighted by molar-refractivity contribution is 0.0951. The van der Waals surface area contributed by atoms with Gasteiger partial charge < -0.3 is 10.7 Å². The van der Waals surface area contributed by atoms with Gasteiger partial charge in [0.1, 0.15) is 0 Å². The van der Waals surface area contributed by atoms with Crippen LogP contribution in [0.4, 0.5) is 5.82 Å². The number of anilines is 1. The van der Waals surface area contributed by atoms with E-state index in [0.29, 0.717) is 24.5 Å². The Labute approximate surface area is 113 Å². The first-order valence-electron chi connectivity index (χ1n) is 5.45. The highest BCUT2D eigenvalue weighted by molar-refractivity contribution is 6.33. The van der Waals surface area contributed by atoms with Crippen LogP contribution in [0.15, 0.2) is 24.7 Å². The lowest BCUT2D eigenvalue weighted by Gasteiger charge is -2.07. The van der Waals surface area contributed by atoms with Crippen molar-refractivity contribution < 1.29 is 4.79 Å². The summed E-state index contributed by atoms with van der Waals surface area (Å²) < 4.78 is 1.62. The number of hydrogen-bond acceptors (Lipinski definition) is 6. The Balaban J connectivity index is 1.91. The van der Waals surface area contributed by atoms with Crippen molar-refractivity contribution in [2.45, 2.75) is 6.54 Å². The van der Waals surface area contributed by atoms with Gasteiger partial charge >= 0.3 is 0 Å². The first-order chi connectivity index (χ1) is 9.20. The molecule has 0 spiro atoms. The number of nitrogens with two attached hydrogens (primary N) is 1. The first-order valence-corrected chi connectivity index (χ1v) is 5.83. The molecule has 0 aromatic carbocycles. The fourth-order valence-corrected chi connectivity index (χ4v) is 1.63. The summed E-state index contributed by atoms with van der Waals surface area (Å²) in [5.74, 6) is 5.25. The van der Waals surface area contributed by atoms with Crippen molar-refractivity contribution in [2.24, 2.45) is 5.84 Å². The van der Waals surface area contributed by atoms with Crippen molar-refractivity contribution in [1.82, 2.24) is 25.3 Å². The molecular weight excluding hydrogens is 270 g/mol. The number of nitrogen functional groups attached to an aromatic ring is 1. The second-order valence-corrected chi connectivity index (χ2v) is 4.03. The fourth-order valence-electron chi connectivity index (χ4n) is 1.41. The largest absolute Gasteiger partial charge is 0.350 e. The second-order valence-electron chi connectivity index (χ2n) is 3.62. The number of pyridine rings is 1. The lowest BCUT2D eigenvalue weighted by Crippen LogP contribution is -2.27. The molecule has 0 aliphatic carbocycles. The van der Waals surface area contributed by atoms with E-state index in [-0.39, 0.29) is 10.9 Å². The molecule has 2 aromatic heterocycles. The smallest absolute Gasteiger partial charge is 0.252 e. The molecular formula is C10H12ClN7O. The number of carbonyl (C=O) groups is 1. The van der Waals surface area contributed by atoms with Crippen LogP contribution in [-0.4, -0.2) is 32.4 Å². The molecule has 9 heteroatoms. The van der Waals surface area contributed by atoms with E-state index in [1.54, 1.807) is 17.1 Å². The van der Waals surface area contributed by atoms with Gasteiger partial charge in [-0.15, -0.1) is 5.10 Å². The van der Waals surface area contributed by atoms with Gasteiger partial charge in [-0.3, -0.25) is 9.48 Å². The predicted octanol–water partition coefficient (Wildman–Crippen LogP) is 0.0421. The minimum atomic E-state index is -0.266. The van der Waals surface area contributed by atoms with Crippen molar-refractivity contribution in [3.63, 3.8) is 0 Å². The average Bonchev–Trinajstić information content (AvgIpc) is 2.91. The summed E-state index contributed by atoms with van der Waals surface area (Å²) in [5.41, 5.74) is 2.69. The van der Waals surface area contributed by atoms with Gasteiger partial charge in [-0.1, -0.05) is 16.8 Å². The van der Waals surface area contributed by atoms with Crippen LogP contribution in [0.25, 0.3) is 0 Å². The zero-order valence-electron chi connectivity index (χ0n) is 9.88. The number of rotatable bonds is 5. The highest BCUT2D eigenvalue weighted by atomic mass is 35.5. The van der Waals surface area contributed by atoms with E-state index in [9.17, 15) is 4.79 Å². The molecule has 4 N–H and O–H groups in total. The predicted molar refractivity (Wildman–Crippen MR) is 69.4 cm³/mol. The van der Waals surface area contributed by atoms with E-state index < -0.39 is 0 Å². The molecule has 8 nitrogen and oxygen atoms in total. The van der Waals surface area contributed by atoms with Crippen molar-refractivity contribution in [1.29, 1.82) is 0 Å². The Kier molecular flexibility index (Phi) is 4.26. The summed E-state index contributed by atoms with van der Waals surface area (Å²) in [6.45, 7) is 0.964. The van der Waals surface area contributed by atoms with E-state index in [1.165, 1.54) is 12.3 Å². The van der Waals surface area contributed by atoms with Crippen LogP contribution in [0.2, 0.25) is 5.02 Å². The van der Waals surface area contributed by atoms with E-state index in [0.717, 1.165) is 0 Å². The Morgan fingerprint density at radius 1 is 1.53 bits per heavy atom. The third-order valence-electron chi connectivity index (χ3n) is 2.34. The second kappa shape index (κ2) is 6.12. The molecule has 2 heterocycles. The summed E-state index contributed by atoms with van der Waals surface area (Å²) in [6.07, 6.45) is 4.68. The van der Waals surface area contributed by atoms with Gasteiger partial charge in [0.05, 0.1) is 23.3 Å². The monoisotopic (exact) mass is 281 g/mol. The minimum Gasteiger partial charge on any atom is -0.350 e. The number of hydrazine groups is 1. The van der Waals surface area contributed by atoms with E-state index in [4.69, 9.17) is 17.4 Å². The van der Waals surface area contributed by atoms with Gasteiger partial charge in [0.25, 0.3) is 5.91 Å². The summed E-state index contributed by atoms with van der Waals surface area (Å²) in [4.78, 5) is 15.7. The fraction of sp³-hybridized carbons (Fsp3) is 0.200. The quantitative estimate of drug-likeness (QED) is 0.527. The van der Waals surface area contributed by atoms with Crippen LogP contribution in [-0.2, 0) is 6.54 Å². The molecule has 2 rings (SSSR count). The van der Waals surface area contributed by atoms with Crippen LogP contribution in [0.1, 0.15) is 10.4 Å². The molecule has 0 unspecified atom stereocenters. The maximum absolute atomic E-state index is 11.8. The number of amides is 1. The van der Waals surface area contributed by atoms with Crippen molar-refractivity contribution in [2.75, 3.05) is 12.0 Å². The minimum absolute atomic E-state index is 0.266. The van der Waals surface area contributed by atoms with Crippen molar-refractivity contribution in [3.8, 4) is 0 Å². The number of halogens is 1. The normalized spacial score (nSPS) is 10.2. The number of hydrogen-bond donors (Lipinski definition) is 3. The zero-order chi connectivity index (χ0) is 13.7. The average molecular weight is 282 g/mol. The maximum Gasteiger partial charge on any atom is 0.252 e. The van der Waals surface area contributed by atoms with Crippen LogP contribution in [0.5, 0.6) is 0 Å². The van der Waals surface area contributed by atoms with E-state index in [2.05, 4.69) is 26.0 Å². The van der Waals surface area contributed by atoms with Gasteiger partial charge in [-0.05, 0) is 6.07 Å². The van der Waals surface area contributed by atoms with Crippen LogP contribution in [0, 0.1) is 0 Å². The summed E-state index contributed by atoms with van der Waals surface area (Å²) >= 11 is 5.88. The molecule has 100 valence electrons. The highest BCUT2D eigenvalue weighted by Gasteiger charge is 2.09. The molecule has 0 saturated carbocycles. The van der Waals surface area contributed by atoms with Gasteiger partial charge in [0.15, 0.2) is 5.82 Å². The van der Waals surface area contributed by atoms with Gasteiger partial charge in [0, 0.05) is 18.9 Å². The third-order valence-corrected chi connectivity index (χ3v) is 2.63. The number of carbonyl (C=O) groups excluding carboxylic acids is 1. The molecule has 0 aliphatic rings. The SMILES string of the molecule is NNc1ncc(C(=O)NCCn2ccnn2)cc1Cl. The molecule has 2 aromatic rings. The molecule has 0 saturated heterocycles. The van der Waals surface area contributed by atoms with Crippen LogP contribution in [0.3, 0.4) is 0 Å². The summed E-state index contributed by atoms with van der Waals surface area (Å²) in [6, 6.07) is 1.49. The van der Waals surface area contributed by atoms with E-state index in [1.807, 2.05) is 0 Å². The molecule has 0 atom stereocenters.